The number of benzene rings is 1. The number of aromatic nitrogens is 2. The number of H-pyrrole nitrogens is 1. The number of hydrogen-bond donors (Lipinski definition) is 2. The monoisotopic (exact) mass is 285 g/mol. The maximum atomic E-state index is 11.9. The number of amides is 1. The lowest BCUT2D eigenvalue weighted by atomic mass is 10.3. The summed E-state index contributed by atoms with van der Waals surface area (Å²) >= 11 is 1.35. The molecule has 0 aliphatic heterocycles. The molecule has 0 radical (unpaired) electrons. The normalized spacial score (nSPS) is 10.4. The zero-order valence-corrected chi connectivity index (χ0v) is 11.2. The van der Waals surface area contributed by atoms with Crippen LogP contribution in [-0.4, -0.2) is 15.7 Å². The van der Waals surface area contributed by atoms with Crippen LogP contribution in [0.5, 0.6) is 0 Å². The zero-order valence-electron chi connectivity index (χ0n) is 10.4. The van der Waals surface area contributed by atoms with E-state index < -0.39 is 0 Å². The molecule has 1 amide bonds. The number of anilines is 1. The second-order valence-electron chi connectivity index (χ2n) is 4.11. The van der Waals surface area contributed by atoms with E-state index >= 15 is 0 Å². The van der Waals surface area contributed by atoms with Crippen LogP contribution in [0.3, 0.4) is 0 Å². The smallest absolute Gasteiger partial charge is 0.273 e. The van der Waals surface area contributed by atoms with Gasteiger partial charge in [-0.05, 0) is 23.6 Å². The number of hydrogen-bond acceptors (Lipinski definition) is 3. The molecule has 5 nitrogen and oxygen atoms in total. The van der Waals surface area contributed by atoms with Crippen LogP contribution in [0.1, 0.15) is 9.67 Å². The van der Waals surface area contributed by atoms with Crippen LogP contribution in [-0.2, 0) is 0 Å². The van der Waals surface area contributed by atoms with Crippen molar-refractivity contribution >= 4 is 23.1 Å². The Morgan fingerprint density at radius 1 is 1.15 bits per heavy atom. The topological polar surface area (TPSA) is 66.9 Å². The van der Waals surface area contributed by atoms with E-state index in [1.807, 2.05) is 35.7 Å². The van der Waals surface area contributed by atoms with Crippen LogP contribution in [0.25, 0.3) is 5.69 Å². The highest BCUT2D eigenvalue weighted by molar-refractivity contribution is 7.12. The van der Waals surface area contributed by atoms with Crippen LogP contribution >= 0.6 is 11.3 Å². The third kappa shape index (κ3) is 2.41. The number of carbonyl (C=O) groups excluding carboxylic acids is 1. The Morgan fingerprint density at radius 2 is 1.95 bits per heavy atom. The minimum atomic E-state index is -0.235. The second-order valence-corrected chi connectivity index (χ2v) is 5.06. The molecule has 0 aliphatic rings. The SMILES string of the molecule is O=C(Nc1cc(=O)n(-c2ccccc2)[nH]1)c1cccs1. The quantitative estimate of drug-likeness (QED) is 0.776. The molecule has 6 heteroatoms. The highest BCUT2D eigenvalue weighted by Crippen LogP contribution is 2.11. The van der Waals surface area contributed by atoms with E-state index in [0.29, 0.717) is 16.4 Å². The van der Waals surface area contributed by atoms with Crippen molar-refractivity contribution in [3.05, 3.63) is 69.1 Å². The van der Waals surface area contributed by atoms with E-state index in [0.717, 1.165) is 0 Å². The lowest BCUT2D eigenvalue weighted by Crippen LogP contribution is -2.13. The zero-order chi connectivity index (χ0) is 13.9. The average Bonchev–Trinajstić information content (AvgIpc) is 3.09. The number of aromatic amines is 1. The Bertz CT molecular complexity index is 772. The van der Waals surface area contributed by atoms with E-state index in [1.165, 1.54) is 22.1 Å². The van der Waals surface area contributed by atoms with Gasteiger partial charge in [0.2, 0.25) is 0 Å². The van der Waals surface area contributed by atoms with Gasteiger partial charge in [0.05, 0.1) is 10.6 Å². The molecule has 1 aromatic carbocycles. The first-order valence-corrected chi connectivity index (χ1v) is 6.84. The van der Waals surface area contributed by atoms with Crippen molar-refractivity contribution in [2.24, 2.45) is 0 Å². The molecule has 0 spiro atoms. The highest BCUT2D eigenvalue weighted by Gasteiger charge is 2.10. The van der Waals surface area contributed by atoms with Crippen LogP contribution in [0.4, 0.5) is 5.82 Å². The maximum Gasteiger partial charge on any atom is 0.273 e. The van der Waals surface area contributed by atoms with Gasteiger partial charge in [-0.2, -0.15) is 0 Å². The molecule has 0 bridgehead atoms. The largest absolute Gasteiger partial charge is 0.306 e. The Balaban J connectivity index is 1.87. The molecule has 0 aliphatic carbocycles. The van der Waals surface area contributed by atoms with Gasteiger partial charge < -0.3 is 5.32 Å². The Labute approximate surface area is 118 Å². The van der Waals surface area contributed by atoms with Crippen molar-refractivity contribution in [2.45, 2.75) is 0 Å². The van der Waals surface area contributed by atoms with Crippen molar-refractivity contribution in [3.63, 3.8) is 0 Å². The Morgan fingerprint density at radius 3 is 2.65 bits per heavy atom. The molecule has 0 saturated carbocycles. The van der Waals surface area contributed by atoms with E-state index in [9.17, 15) is 9.59 Å². The van der Waals surface area contributed by atoms with Crippen molar-refractivity contribution in [3.8, 4) is 5.69 Å². The molecule has 2 aromatic heterocycles. The number of nitrogens with zero attached hydrogens (tertiary/aromatic N) is 1. The van der Waals surface area contributed by atoms with Gasteiger partial charge in [-0.3, -0.25) is 14.7 Å². The van der Waals surface area contributed by atoms with Crippen molar-refractivity contribution in [1.29, 1.82) is 0 Å². The second kappa shape index (κ2) is 5.18. The van der Waals surface area contributed by atoms with Gasteiger partial charge in [0.25, 0.3) is 11.5 Å². The van der Waals surface area contributed by atoms with Crippen molar-refractivity contribution in [1.82, 2.24) is 9.78 Å². The fraction of sp³-hybridized carbons (Fsp3) is 0. The minimum Gasteiger partial charge on any atom is -0.306 e. The van der Waals surface area contributed by atoms with Crippen LogP contribution in [0.2, 0.25) is 0 Å². The van der Waals surface area contributed by atoms with Crippen molar-refractivity contribution < 1.29 is 4.79 Å². The van der Waals surface area contributed by atoms with Crippen molar-refractivity contribution in [2.75, 3.05) is 5.32 Å². The summed E-state index contributed by atoms with van der Waals surface area (Å²) in [5.74, 6) is 0.138. The van der Waals surface area contributed by atoms with Gasteiger partial charge in [0.15, 0.2) is 0 Å². The third-order valence-electron chi connectivity index (χ3n) is 2.73. The molecule has 2 heterocycles. The molecule has 0 saturated heterocycles. The van der Waals surface area contributed by atoms with Gasteiger partial charge in [-0.15, -0.1) is 11.3 Å². The molecule has 0 fully saturated rings. The number of nitrogens with one attached hydrogen (secondary N) is 2. The first-order valence-electron chi connectivity index (χ1n) is 5.96. The number of rotatable bonds is 3. The maximum absolute atomic E-state index is 11.9. The van der Waals surface area contributed by atoms with E-state index in [1.54, 1.807) is 12.1 Å². The molecular formula is C14H11N3O2S. The summed E-state index contributed by atoms with van der Waals surface area (Å²) in [7, 11) is 0. The predicted molar refractivity (Wildman–Crippen MR) is 78.7 cm³/mol. The summed E-state index contributed by atoms with van der Waals surface area (Å²) in [6.07, 6.45) is 0. The molecule has 0 unspecified atom stereocenters. The number of thiophene rings is 1. The standard InChI is InChI=1S/C14H11N3O2S/c18-13-9-12(15-14(19)11-7-4-8-20-11)16-17(13)10-5-2-1-3-6-10/h1-9,16H,(H,15,19). The summed E-state index contributed by atoms with van der Waals surface area (Å²) < 4.78 is 1.38. The van der Waals surface area contributed by atoms with Crippen LogP contribution in [0.15, 0.2) is 58.7 Å². The van der Waals surface area contributed by atoms with Gasteiger partial charge in [-0.25, -0.2) is 4.68 Å². The van der Waals surface area contributed by atoms with Gasteiger partial charge >= 0.3 is 0 Å². The Hall–Kier alpha value is -2.60. The molecular weight excluding hydrogens is 274 g/mol. The van der Waals surface area contributed by atoms with Crippen LogP contribution < -0.4 is 10.9 Å². The lowest BCUT2D eigenvalue weighted by molar-refractivity contribution is 0.103. The summed E-state index contributed by atoms with van der Waals surface area (Å²) in [6.45, 7) is 0. The number of para-hydroxylation sites is 1. The fourth-order valence-electron chi connectivity index (χ4n) is 1.82. The first-order chi connectivity index (χ1) is 9.74. The average molecular weight is 285 g/mol. The molecule has 3 rings (SSSR count). The summed E-state index contributed by atoms with van der Waals surface area (Å²) in [5.41, 5.74) is 0.492. The summed E-state index contributed by atoms with van der Waals surface area (Å²) in [6, 6.07) is 14.1. The fourth-order valence-corrected chi connectivity index (χ4v) is 2.44. The van der Waals surface area contributed by atoms with Gasteiger partial charge in [0, 0.05) is 6.07 Å². The van der Waals surface area contributed by atoms with E-state index in [-0.39, 0.29) is 11.5 Å². The first kappa shape index (κ1) is 12.4. The molecule has 2 N–H and O–H groups in total. The van der Waals surface area contributed by atoms with E-state index in [4.69, 9.17) is 0 Å². The van der Waals surface area contributed by atoms with Gasteiger partial charge in [-0.1, -0.05) is 24.3 Å². The molecule has 100 valence electrons. The predicted octanol–water partition coefficient (Wildman–Crippen LogP) is 2.48. The highest BCUT2D eigenvalue weighted by atomic mass is 32.1. The minimum absolute atomic E-state index is 0.224. The number of carbonyl (C=O) groups is 1. The summed E-state index contributed by atoms with van der Waals surface area (Å²) in [5, 5.41) is 7.36. The molecule has 3 aromatic rings. The lowest BCUT2D eigenvalue weighted by Gasteiger charge is -2.02. The third-order valence-corrected chi connectivity index (χ3v) is 3.60. The molecule has 0 atom stereocenters. The summed E-state index contributed by atoms with van der Waals surface area (Å²) in [4.78, 5) is 24.4. The van der Waals surface area contributed by atoms with Crippen LogP contribution in [0, 0.1) is 0 Å². The van der Waals surface area contributed by atoms with Gasteiger partial charge in [0.1, 0.15) is 5.82 Å². The Kier molecular flexibility index (Phi) is 3.22. The molecule has 20 heavy (non-hydrogen) atoms. The van der Waals surface area contributed by atoms with E-state index in [2.05, 4.69) is 10.4 Å².